The van der Waals surface area contributed by atoms with Gasteiger partial charge in [-0.1, -0.05) is 6.07 Å². The van der Waals surface area contributed by atoms with E-state index < -0.39 is 6.03 Å². The third kappa shape index (κ3) is 6.64. The van der Waals surface area contributed by atoms with Gasteiger partial charge in [0.2, 0.25) is 0 Å². The first-order valence-corrected chi connectivity index (χ1v) is 5.69. The Morgan fingerprint density at radius 1 is 1.37 bits per heavy atom. The number of benzene rings is 1. The van der Waals surface area contributed by atoms with Crippen molar-refractivity contribution >= 4 is 30.0 Å². The molecule has 0 aliphatic heterocycles. The molecular weight excluding hydrogens is 268 g/mol. The molecule has 6 nitrogen and oxygen atoms in total. The van der Waals surface area contributed by atoms with Crippen molar-refractivity contribution in [1.29, 1.82) is 0 Å². The van der Waals surface area contributed by atoms with Crippen LogP contribution in [0.25, 0.3) is 0 Å². The summed E-state index contributed by atoms with van der Waals surface area (Å²) in [5, 5.41) is 5.16. The van der Waals surface area contributed by atoms with Gasteiger partial charge in [0.05, 0.1) is 0 Å². The van der Waals surface area contributed by atoms with Gasteiger partial charge in [-0.2, -0.15) is 0 Å². The number of carbonyl (C=O) groups excluding carboxylic acids is 2. The van der Waals surface area contributed by atoms with Crippen LogP contribution in [0, 0.1) is 0 Å². The minimum atomic E-state index is -0.662. The molecule has 19 heavy (non-hydrogen) atoms. The summed E-state index contributed by atoms with van der Waals surface area (Å²) in [7, 11) is 0. The van der Waals surface area contributed by atoms with Gasteiger partial charge in [0.25, 0.3) is 5.91 Å². The predicted molar refractivity (Wildman–Crippen MR) is 77.5 cm³/mol. The van der Waals surface area contributed by atoms with Crippen molar-refractivity contribution in [1.82, 2.24) is 5.32 Å². The summed E-state index contributed by atoms with van der Waals surface area (Å²) in [5.74, 6) is -0.205. The number of carbonyl (C=O) groups is 2. The highest BCUT2D eigenvalue weighted by atomic mass is 35.5. The zero-order chi connectivity index (χ0) is 13.5. The quantitative estimate of drug-likeness (QED) is 0.649. The molecule has 6 N–H and O–H groups in total. The van der Waals surface area contributed by atoms with E-state index in [-0.39, 0.29) is 24.4 Å². The van der Waals surface area contributed by atoms with Crippen LogP contribution in [-0.4, -0.2) is 24.5 Å². The lowest BCUT2D eigenvalue weighted by molar-refractivity contribution is 0.0953. The average Bonchev–Trinajstić information content (AvgIpc) is 2.27. The van der Waals surface area contributed by atoms with E-state index in [1.165, 1.54) is 0 Å². The van der Waals surface area contributed by atoms with Crippen LogP contribution in [0.15, 0.2) is 24.3 Å². The first-order chi connectivity index (χ1) is 8.49. The highest BCUT2D eigenvalue weighted by Gasteiger charge is 2.06. The molecule has 0 aliphatic rings. The van der Waals surface area contributed by atoms with Gasteiger partial charge in [-0.05, 0) is 31.5 Å². The van der Waals surface area contributed by atoms with Crippen LogP contribution in [0.3, 0.4) is 0 Å². The molecule has 3 amide bonds. The zero-order valence-electron chi connectivity index (χ0n) is 10.7. The van der Waals surface area contributed by atoms with Crippen molar-refractivity contribution in [3.05, 3.63) is 29.8 Å². The molecule has 0 spiro atoms. The second-order valence-electron chi connectivity index (χ2n) is 4.09. The maximum atomic E-state index is 11.8. The Morgan fingerprint density at radius 2 is 2.05 bits per heavy atom. The van der Waals surface area contributed by atoms with E-state index in [9.17, 15) is 9.59 Å². The van der Waals surface area contributed by atoms with E-state index >= 15 is 0 Å². The first kappa shape index (κ1) is 17.2. The van der Waals surface area contributed by atoms with Crippen LogP contribution in [0.2, 0.25) is 0 Å². The lowest BCUT2D eigenvalue weighted by Gasteiger charge is -2.08. The zero-order valence-corrected chi connectivity index (χ0v) is 11.5. The molecule has 1 unspecified atom stereocenters. The molecule has 7 heteroatoms. The first-order valence-electron chi connectivity index (χ1n) is 5.69. The van der Waals surface area contributed by atoms with E-state index in [1.54, 1.807) is 24.3 Å². The maximum absolute atomic E-state index is 11.8. The molecule has 0 saturated carbocycles. The minimum absolute atomic E-state index is 0. The molecule has 0 aromatic heterocycles. The molecule has 0 heterocycles. The van der Waals surface area contributed by atoms with Crippen molar-refractivity contribution in [2.45, 2.75) is 19.4 Å². The molecule has 1 rings (SSSR count). The number of amides is 3. The fourth-order valence-corrected chi connectivity index (χ4v) is 1.40. The largest absolute Gasteiger partial charge is 0.352 e. The Labute approximate surface area is 118 Å². The molecule has 0 bridgehead atoms. The van der Waals surface area contributed by atoms with Crippen molar-refractivity contribution < 1.29 is 9.59 Å². The summed E-state index contributed by atoms with van der Waals surface area (Å²) < 4.78 is 0. The number of anilines is 1. The second kappa shape index (κ2) is 8.34. The monoisotopic (exact) mass is 286 g/mol. The van der Waals surface area contributed by atoms with Crippen molar-refractivity contribution in [3.8, 4) is 0 Å². The average molecular weight is 287 g/mol. The number of hydrogen-bond acceptors (Lipinski definition) is 3. The number of hydrogen-bond donors (Lipinski definition) is 4. The van der Waals surface area contributed by atoms with E-state index in [0.29, 0.717) is 24.2 Å². The third-order valence-electron chi connectivity index (χ3n) is 2.28. The fraction of sp³-hybridized carbons (Fsp3) is 0.333. The molecule has 0 aliphatic carbocycles. The van der Waals surface area contributed by atoms with E-state index in [0.717, 1.165) is 0 Å². The van der Waals surface area contributed by atoms with Crippen LogP contribution in [-0.2, 0) is 0 Å². The fourth-order valence-electron chi connectivity index (χ4n) is 1.40. The van der Waals surface area contributed by atoms with Crippen LogP contribution in [0.4, 0.5) is 10.5 Å². The van der Waals surface area contributed by atoms with Gasteiger partial charge in [-0.3, -0.25) is 4.79 Å². The summed E-state index contributed by atoms with van der Waals surface area (Å²) in [6.45, 7) is 2.40. The van der Waals surface area contributed by atoms with Gasteiger partial charge in [0, 0.05) is 23.8 Å². The Morgan fingerprint density at radius 3 is 2.63 bits per heavy atom. The Bertz CT molecular complexity index is 437. The predicted octanol–water partition coefficient (Wildman–Crippen LogP) is 1.07. The molecular formula is C12H19ClN4O2. The lowest BCUT2D eigenvalue weighted by atomic mass is 10.2. The van der Waals surface area contributed by atoms with E-state index in [1.807, 2.05) is 6.92 Å². The molecule has 0 radical (unpaired) electrons. The van der Waals surface area contributed by atoms with Crippen molar-refractivity contribution in [3.63, 3.8) is 0 Å². The van der Waals surface area contributed by atoms with Gasteiger partial charge >= 0.3 is 6.03 Å². The summed E-state index contributed by atoms with van der Waals surface area (Å²) >= 11 is 0. The smallest absolute Gasteiger partial charge is 0.316 e. The number of urea groups is 1. The summed E-state index contributed by atoms with van der Waals surface area (Å²) in [4.78, 5) is 22.5. The molecule has 1 aromatic rings. The highest BCUT2D eigenvalue weighted by Crippen LogP contribution is 2.10. The summed E-state index contributed by atoms with van der Waals surface area (Å²) in [5.41, 5.74) is 11.5. The number of nitrogens with one attached hydrogen (secondary N) is 2. The molecule has 0 saturated heterocycles. The number of rotatable bonds is 5. The molecule has 0 fully saturated rings. The van der Waals surface area contributed by atoms with Gasteiger partial charge in [-0.25, -0.2) is 4.79 Å². The van der Waals surface area contributed by atoms with Crippen LogP contribution >= 0.6 is 12.4 Å². The van der Waals surface area contributed by atoms with Crippen molar-refractivity contribution in [2.24, 2.45) is 11.5 Å². The SMILES string of the molecule is CC(N)CCNC(=O)c1cccc(NC(N)=O)c1.Cl. The summed E-state index contributed by atoms with van der Waals surface area (Å²) in [6.07, 6.45) is 0.713. The number of primary amides is 1. The second-order valence-corrected chi connectivity index (χ2v) is 4.09. The lowest BCUT2D eigenvalue weighted by Crippen LogP contribution is -2.29. The number of halogens is 1. The van der Waals surface area contributed by atoms with Crippen LogP contribution in [0.5, 0.6) is 0 Å². The topological polar surface area (TPSA) is 110 Å². The highest BCUT2D eigenvalue weighted by molar-refractivity contribution is 5.96. The minimum Gasteiger partial charge on any atom is -0.352 e. The van der Waals surface area contributed by atoms with Gasteiger partial charge in [-0.15, -0.1) is 12.4 Å². The van der Waals surface area contributed by atoms with Crippen LogP contribution < -0.4 is 22.1 Å². The molecule has 106 valence electrons. The van der Waals surface area contributed by atoms with E-state index in [2.05, 4.69) is 10.6 Å². The Kier molecular flexibility index (Phi) is 7.55. The maximum Gasteiger partial charge on any atom is 0.316 e. The van der Waals surface area contributed by atoms with Crippen molar-refractivity contribution in [2.75, 3.05) is 11.9 Å². The Balaban J connectivity index is 0.00000324. The van der Waals surface area contributed by atoms with E-state index in [4.69, 9.17) is 11.5 Å². The Hall–Kier alpha value is -1.79. The van der Waals surface area contributed by atoms with Gasteiger partial charge < -0.3 is 22.1 Å². The summed E-state index contributed by atoms with van der Waals surface area (Å²) in [6, 6.07) is 5.94. The number of nitrogens with two attached hydrogens (primary N) is 2. The third-order valence-corrected chi connectivity index (χ3v) is 2.28. The standard InChI is InChI=1S/C12H18N4O2.ClH/c1-8(13)5-6-15-11(17)9-3-2-4-10(7-9)16-12(14)18;/h2-4,7-8H,5-6,13H2,1H3,(H,15,17)(H3,14,16,18);1H. The van der Waals surface area contributed by atoms with Gasteiger partial charge in [0.15, 0.2) is 0 Å². The molecule has 1 atom stereocenters. The normalized spacial score (nSPS) is 11.1. The molecule has 1 aromatic carbocycles. The van der Waals surface area contributed by atoms with Crippen LogP contribution in [0.1, 0.15) is 23.7 Å². The van der Waals surface area contributed by atoms with Gasteiger partial charge in [0.1, 0.15) is 0 Å².